The van der Waals surface area contributed by atoms with Crippen LogP contribution >= 0.6 is 0 Å². The summed E-state index contributed by atoms with van der Waals surface area (Å²) >= 11 is 0. The molecule has 0 radical (unpaired) electrons. The van der Waals surface area contributed by atoms with Crippen molar-refractivity contribution in [3.63, 3.8) is 0 Å². The summed E-state index contributed by atoms with van der Waals surface area (Å²) in [4.78, 5) is 2.65. The second-order valence-electron chi connectivity index (χ2n) is 6.81. The number of benzene rings is 1. The van der Waals surface area contributed by atoms with Crippen LogP contribution in [0.1, 0.15) is 55.8 Å². The number of hydrogen-bond donors (Lipinski definition) is 1. The molecule has 0 aliphatic carbocycles. The Morgan fingerprint density at radius 2 is 1.85 bits per heavy atom. The molecule has 20 heavy (non-hydrogen) atoms. The van der Waals surface area contributed by atoms with Gasteiger partial charge < -0.3 is 10.6 Å². The van der Waals surface area contributed by atoms with Crippen molar-refractivity contribution < 1.29 is 0 Å². The van der Waals surface area contributed by atoms with Gasteiger partial charge in [0.15, 0.2) is 0 Å². The van der Waals surface area contributed by atoms with Crippen molar-refractivity contribution in [3.8, 4) is 0 Å². The zero-order valence-corrected chi connectivity index (χ0v) is 13.5. The first-order valence-electron chi connectivity index (χ1n) is 8.05. The highest BCUT2D eigenvalue weighted by atomic mass is 15.2. The van der Waals surface area contributed by atoms with E-state index in [1.807, 2.05) is 0 Å². The number of rotatable bonds is 5. The van der Waals surface area contributed by atoms with Crippen LogP contribution in [0, 0.1) is 19.8 Å². The molecule has 112 valence electrons. The van der Waals surface area contributed by atoms with Gasteiger partial charge in [0.05, 0.1) is 0 Å². The predicted molar refractivity (Wildman–Crippen MR) is 86.9 cm³/mol. The maximum atomic E-state index is 6.41. The third-order valence-corrected chi connectivity index (χ3v) is 4.58. The van der Waals surface area contributed by atoms with Gasteiger partial charge in [-0.15, -0.1) is 0 Å². The van der Waals surface area contributed by atoms with Crippen molar-refractivity contribution in [2.75, 3.05) is 13.1 Å². The Labute approximate surface area is 124 Å². The second kappa shape index (κ2) is 6.73. The highest BCUT2D eigenvalue weighted by Gasteiger charge is 2.26. The van der Waals surface area contributed by atoms with E-state index in [2.05, 4.69) is 50.8 Å². The summed E-state index contributed by atoms with van der Waals surface area (Å²) < 4.78 is 0. The first-order valence-corrected chi connectivity index (χ1v) is 8.05. The third-order valence-electron chi connectivity index (χ3n) is 4.58. The number of nitrogens with zero attached hydrogens (tertiary/aromatic N) is 1. The Morgan fingerprint density at radius 1 is 1.20 bits per heavy atom. The molecule has 0 bridgehead atoms. The topological polar surface area (TPSA) is 29.3 Å². The van der Waals surface area contributed by atoms with E-state index < -0.39 is 0 Å². The Bertz CT molecular complexity index is 419. The lowest BCUT2D eigenvalue weighted by molar-refractivity contribution is 0.200. The lowest BCUT2D eigenvalue weighted by Crippen LogP contribution is -2.35. The molecule has 0 amide bonds. The van der Waals surface area contributed by atoms with E-state index in [0.29, 0.717) is 0 Å². The van der Waals surface area contributed by atoms with Gasteiger partial charge in [0.25, 0.3) is 0 Å². The smallest absolute Gasteiger partial charge is 0.0307 e. The van der Waals surface area contributed by atoms with Crippen LogP contribution in [-0.2, 0) is 0 Å². The van der Waals surface area contributed by atoms with Crippen molar-refractivity contribution in [3.05, 3.63) is 34.9 Å². The van der Waals surface area contributed by atoms with Gasteiger partial charge in [-0.2, -0.15) is 0 Å². The van der Waals surface area contributed by atoms with E-state index in [4.69, 9.17) is 5.73 Å². The monoisotopic (exact) mass is 274 g/mol. The minimum Gasteiger partial charge on any atom is -0.324 e. The average molecular weight is 274 g/mol. The molecular weight excluding hydrogens is 244 g/mol. The van der Waals surface area contributed by atoms with Gasteiger partial charge in [-0.1, -0.05) is 43.2 Å². The minimum absolute atomic E-state index is 0.169. The zero-order valence-electron chi connectivity index (χ0n) is 13.5. The molecule has 0 spiro atoms. The molecule has 2 atom stereocenters. The average Bonchev–Trinajstić information content (AvgIpc) is 2.83. The van der Waals surface area contributed by atoms with Gasteiger partial charge in [-0.25, -0.2) is 0 Å². The van der Waals surface area contributed by atoms with E-state index >= 15 is 0 Å². The predicted octanol–water partition coefficient (Wildman–Crippen LogP) is 3.81. The van der Waals surface area contributed by atoms with Crippen LogP contribution in [0.25, 0.3) is 0 Å². The molecule has 2 heteroatoms. The lowest BCUT2D eigenvalue weighted by atomic mass is 9.98. The van der Waals surface area contributed by atoms with Gasteiger partial charge in [-0.3, -0.25) is 0 Å². The van der Waals surface area contributed by atoms with E-state index in [1.165, 1.54) is 36.1 Å². The zero-order chi connectivity index (χ0) is 14.7. The molecule has 2 rings (SSSR count). The largest absolute Gasteiger partial charge is 0.324 e. The maximum absolute atomic E-state index is 6.41. The normalized spacial score (nSPS) is 21.6. The quantitative estimate of drug-likeness (QED) is 0.884. The van der Waals surface area contributed by atoms with Gasteiger partial charge in [0, 0.05) is 18.6 Å². The van der Waals surface area contributed by atoms with Crippen molar-refractivity contribution >= 4 is 0 Å². The van der Waals surface area contributed by atoms with Crippen molar-refractivity contribution in [2.45, 2.75) is 59.0 Å². The molecule has 2 N–H and O–H groups in total. The second-order valence-corrected chi connectivity index (χ2v) is 6.81. The van der Waals surface area contributed by atoms with Crippen LogP contribution in [0.15, 0.2) is 18.2 Å². The van der Waals surface area contributed by atoms with E-state index in [0.717, 1.165) is 24.9 Å². The van der Waals surface area contributed by atoms with Crippen molar-refractivity contribution in [1.82, 2.24) is 4.90 Å². The first-order chi connectivity index (χ1) is 9.47. The fraction of sp³-hybridized carbons (Fsp3) is 0.667. The van der Waals surface area contributed by atoms with Crippen LogP contribution < -0.4 is 5.73 Å². The molecular formula is C18H30N2. The Hall–Kier alpha value is -0.860. The van der Waals surface area contributed by atoms with E-state index in [-0.39, 0.29) is 6.04 Å². The molecule has 1 fully saturated rings. The van der Waals surface area contributed by atoms with Crippen LogP contribution in [0.3, 0.4) is 0 Å². The first kappa shape index (κ1) is 15.5. The highest BCUT2D eigenvalue weighted by Crippen LogP contribution is 2.25. The van der Waals surface area contributed by atoms with Crippen molar-refractivity contribution in [1.29, 1.82) is 0 Å². The number of nitrogens with two attached hydrogens (primary N) is 1. The van der Waals surface area contributed by atoms with Crippen LogP contribution in [0.4, 0.5) is 0 Å². The summed E-state index contributed by atoms with van der Waals surface area (Å²) in [5, 5.41) is 0. The maximum Gasteiger partial charge on any atom is 0.0307 e. The number of likely N-dealkylation sites (tertiary alicyclic amines) is 1. The Morgan fingerprint density at radius 3 is 2.45 bits per heavy atom. The van der Waals surface area contributed by atoms with Crippen LogP contribution in [-0.4, -0.2) is 24.0 Å². The lowest BCUT2D eigenvalue weighted by Gasteiger charge is -2.28. The molecule has 2 nitrogen and oxygen atoms in total. The van der Waals surface area contributed by atoms with Crippen molar-refractivity contribution in [2.24, 2.45) is 11.7 Å². The molecule has 0 aromatic heterocycles. The van der Waals surface area contributed by atoms with Crippen LogP contribution in [0.5, 0.6) is 0 Å². The standard InChI is InChI=1S/C18H30N2/c1-13(2)18-6-5-8-20(18)9-7-17(19)16-11-14(3)10-15(4)12-16/h10-13,17-18H,5-9,19H2,1-4H3. The van der Waals surface area contributed by atoms with Gasteiger partial charge in [-0.05, 0) is 51.1 Å². The molecule has 1 aliphatic rings. The summed E-state index contributed by atoms with van der Waals surface area (Å²) in [6, 6.07) is 7.62. The van der Waals surface area contributed by atoms with Gasteiger partial charge in [0.1, 0.15) is 0 Å². The summed E-state index contributed by atoms with van der Waals surface area (Å²) in [6.07, 6.45) is 3.77. The van der Waals surface area contributed by atoms with Gasteiger partial charge >= 0.3 is 0 Å². The molecule has 1 aromatic carbocycles. The highest BCUT2D eigenvalue weighted by molar-refractivity contribution is 5.30. The molecule has 1 heterocycles. The molecule has 1 saturated heterocycles. The summed E-state index contributed by atoms with van der Waals surface area (Å²) in [5.74, 6) is 0.759. The summed E-state index contributed by atoms with van der Waals surface area (Å²) in [5.41, 5.74) is 10.3. The molecule has 2 unspecified atom stereocenters. The molecule has 1 aromatic rings. The number of hydrogen-bond acceptors (Lipinski definition) is 2. The SMILES string of the molecule is Cc1cc(C)cc(C(N)CCN2CCCC2C(C)C)c1. The number of aryl methyl sites for hydroxylation is 2. The fourth-order valence-electron chi connectivity index (χ4n) is 3.58. The van der Waals surface area contributed by atoms with E-state index in [1.54, 1.807) is 0 Å². The van der Waals surface area contributed by atoms with E-state index in [9.17, 15) is 0 Å². The third kappa shape index (κ3) is 3.83. The summed E-state index contributed by atoms with van der Waals surface area (Å²) in [6.45, 7) is 11.4. The van der Waals surface area contributed by atoms with Gasteiger partial charge in [0.2, 0.25) is 0 Å². The molecule has 0 saturated carbocycles. The Balaban J connectivity index is 1.93. The minimum atomic E-state index is 0.169. The summed E-state index contributed by atoms with van der Waals surface area (Å²) in [7, 11) is 0. The fourth-order valence-corrected chi connectivity index (χ4v) is 3.58. The Kier molecular flexibility index (Phi) is 5.22. The van der Waals surface area contributed by atoms with Crippen LogP contribution in [0.2, 0.25) is 0 Å². The molecule has 1 aliphatic heterocycles.